The highest BCUT2D eigenvalue weighted by atomic mass is 15.2. The Hall–Kier alpha value is -0.570. The standard InChI is InChI=1S/C14H27N3/c1-13-7-3-5-11-17(13)12-6-10-16-14-8-2-4-9-15-14/h13H,2-12H2,1H3,(H,15,16). The van der Waals surface area contributed by atoms with Crippen molar-refractivity contribution in [2.45, 2.75) is 57.9 Å². The lowest BCUT2D eigenvalue weighted by Crippen LogP contribution is -2.39. The highest BCUT2D eigenvalue weighted by Gasteiger charge is 2.17. The Labute approximate surface area is 106 Å². The lowest BCUT2D eigenvalue weighted by molar-refractivity contribution is 0.159. The van der Waals surface area contributed by atoms with E-state index in [9.17, 15) is 0 Å². The van der Waals surface area contributed by atoms with Crippen molar-refractivity contribution >= 4 is 5.84 Å². The molecular formula is C14H27N3. The van der Waals surface area contributed by atoms with Crippen LogP contribution in [0.3, 0.4) is 0 Å². The summed E-state index contributed by atoms with van der Waals surface area (Å²) in [7, 11) is 0. The van der Waals surface area contributed by atoms with Crippen molar-refractivity contribution in [2.75, 3.05) is 26.2 Å². The van der Waals surface area contributed by atoms with E-state index in [0.29, 0.717) is 0 Å². The molecule has 2 heterocycles. The molecule has 0 spiro atoms. The summed E-state index contributed by atoms with van der Waals surface area (Å²) in [5.74, 6) is 1.25. The topological polar surface area (TPSA) is 27.6 Å². The van der Waals surface area contributed by atoms with Crippen LogP contribution < -0.4 is 5.32 Å². The molecule has 2 rings (SSSR count). The highest BCUT2D eigenvalue weighted by Crippen LogP contribution is 2.16. The average Bonchev–Trinajstić information content (AvgIpc) is 2.38. The van der Waals surface area contributed by atoms with Crippen LogP contribution in [-0.4, -0.2) is 43.0 Å². The predicted molar refractivity (Wildman–Crippen MR) is 73.7 cm³/mol. The summed E-state index contributed by atoms with van der Waals surface area (Å²) in [5.41, 5.74) is 0. The third-order valence-corrected chi connectivity index (χ3v) is 4.02. The van der Waals surface area contributed by atoms with E-state index in [1.165, 1.54) is 63.9 Å². The Kier molecular flexibility index (Phi) is 5.30. The Morgan fingerprint density at radius 2 is 2.24 bits per heavy atom. The Morgan fingerprint density at radius 1 is 1.29 bits per heavy atom. The summed E-state index contributed by atoms with van der Waals surface area (Å²) < 4.78 is 0. The minimum absolute atomic E-state index is 0.802. The summed E-state index contributed by atoms with van der Waals surface area (Å²) in [4.78, 5) is 7.17. The molecule has 0 aromatic carbocycles. The van der Waals surface area contributed by atoms with Gasteiger partial charge in [-0.05, 0) is 45.6 Å². The molecule has 1 fully saturated rings. The first-order valence-corrected chi connectivity index (χ1v) is 7.37. The van der Waals surface area contributed by atoms with Gasteiger partial charge in [-0.15, -0.1) is 0 Å². The van der Waals surface area contributed by atoms with Crippen molar-refractivity contribution < 1.29 is 0 Å². The van der Waals surface area contributed by atoms with Crippen LogP contribution in [0.4, 0.5) is 0 Å². The van der Waals surface area contributed by atoms with E-state index in [4.69, 9.17) is 0 Å². The summed E-state index contributed by atoms with van der Waals surface area (Å²) in [5, 5.41) is 3.50. The number of hydrogen-bond acceptors (Lipinski definition) is 3. The van der Waals surface area contributed by atoms with Gasteiger partial charge in [-0.2, -0.15) is 0 Å². The van der Waals surface area contributed by atoms with Crippen molar-refractivity contribution in [2.24, 2.45) is 4.99 Å². The van der Waals surface area contributed by atoms with E-state index in [2.05, 4.69) is 22.1 Å². The number of piperidine rings is 1. The normalized spacial score (nSPS) is 26.6. The van der Waals surface area contributed by atoms with Crippen LogP contribution in [0, 0.1) is 0 Å². The van der Waals surface area contributed by atoms with Gasteiger partial charge < -0.3 is 10.2 Å². The zero-order valence-corrected chi connectivity index (χ0v) is 11.2. The molecule has 17 heavy (non-hydrogen) atoms. The maximum atomic E-state index is 4.52. The number of rotatable bonds is 4. The summed E-state index contributed by atoms with van der Waals surface area (Å²) in [6, 6.07) is 0.802. The smallest absolute Gasteiger partial charge is 0.0963 e. The molecule has 2 aliphatic heterocycles. The zero-order valence-electron chi connectivity index (χ0n) is 11.2. The molecule has 0 aliphatic carbocycles. The molecule has 1 unspecified atom stereocenters. The quantitative estimate of drug-likeness (QED) is 0.760. The predicted octanol–water partition coefficient (Wildman–Crippen LogP) is 2.42. The summed E-state index contributed by atoms with van der Waals surface area (Å²) in [6.45, 7) is 7.06. The van der Waals surface area contributed by atoms with Crippen molar-refractivity contribution in [1.29, 1.82) is 0 Å². The fourth-order valence-corrected chi connectivity index (χ4v) is 2.85. The maximum Gasteiger partial charge on any atom is 0.0963 e. The molecule has 0 amide bonds. The Balaban J connectivity index is 1.57. The first-order valence-electron chi connectivity index (χ1n) is 7.37. The second-order valence-corrected chi connectivity index (χ2v) is 5.45. The molecule has 0 aromatic heterocycles. The second-order valence-electron chi connectivity index (χ2n) is 5.45. The third-order valence-electron chi connectivity index (χ3n) is 4.02. The van der Waals surface area contributed by atoms with Crippen molar-refractivity contribution in [3.63, 3.8) is 0 Å². The van der Waals surface area contributed by atoms with Gasteiger partial charge in [0.2, 0.25) is 0 Å². The van der Waals surface area contributed by atoms with Crippen LogP contribution in [0.1, 0.15) is 51.9 Å². The molecule has 0 aromatic rings. The van der Waals surface area contributed by atoms with E-state index in [-0.39, 0.29) is 0 Å². The van der Waals surface area contributed by atoms with Crippen LogP contribution in [0.25, 0.3) is 0 Å². The fraction of sp³-hybridized carbons (Fsp3) is 0.929. The van der Waals surface area contributed by atoms with Gasteiger partial charge in [0.05, 0.1) is 5.84 Å². The molecule has 3 nitrogen and oxygen atoms in total. The minimum Gasteiger partial charge on any atom is -0.374 e. The van der Waals surface area contributed by atoms with Crippen molar-refractivity contribution in [1.82, 2.24) is 10.2 Å². The average molecular weight is 237 g/mol. The van der Waals surface area contributed by atoms with E-state index in [1.54, 1.807) is 0 Å². The highest BCUT2D eigenvalue weighted by molar-refractivity contribution is 5.82. The number of hydrogen-bond donors (Lipinski definition) is 1. The van der Waals surface area contributed by atoms with Gasteiger partial charge in [-0.3, -0.25) is 4.99 Å². The maximum absolute atomic E-state index is 4.52. The van der Waals surface area contributed by atoms with Gasteiger partial charge in [0.15, 0.2) is 0 Å². The van der Waals surface area contributed by atoms with E-state index in [1.807, 2.05) is 0 Å². The van der Waals surface area contributed by atoms with Crippen LogP contribution in [0.5, 0.6) is 0 Å². The fourth-order valence-electron chi connectivity index (χ4n) is 2.85. The number of aliphatic imine (C=N–C) groups is 1. The van der Waals surface area contributed by atoms with Crippen molar-refractivity contribution in [3.8, 4) is 0 Å². The largest absolute Gasteiger partial charge is 0.374 e. The minimum atomic E-state index is 0.802. The molecule has 1 atom stereocenters. The Morgan fingerprint density at radius 3 is 3.00 bits per heavy atom. The van der Waals surface area contributed by atoms with Gasteiger partial charge in [0.1, 0.15) is 0 Å². The summed E-state index contributed by atoms with van der Waals surface area (Å²) >= 11 is 0. The SMILES string of the molecule is CC1CCCCN1CCCNC1=NCCCC1. The molecule has 2 aliphatic rings. The molecule has 3 heteroatoms. The first kappa shape index (κ1) is 12.9. The van der Waals surface area contributed by atoms with Crippen LogP contribution >= 0.6 is 0 Å². The lowest BCUT2D eigenvalue weighted by Gasteiger charge is -2.33. The van der Waals surface area contributed by atoms with Gasteiger partial charge >= 0.3 is 0 Å². The molecule has 0 bridgehead atoms. The van der Waals surface area contributed by atoms with E-state index < -0.39 is 0 Å². The molecule has 98 valence electrons. The van der Waals surface area contributed by atoms with E-state index >= 15 is 0 Å². The van der Waals surface area contributed by atoms with Crippen LogP contribution in [0.15, 0.2) is 4.99 Å². The number of amidine groups is 1. The zero-order chi connectivity index (χ0) is 11.9. The number of nitrogens with one attached hydrogen (secondary N) is 1. The van der Waals surface area contributed by atoms with Crippen LogP contribution in [-0.2, 0) is 0 Å². The van der Waals surface area contributed by atoms with Gasteiger partial charge in [0.25, 0.3) is 0 Å². The second kappa shape index (κ2) is 7.00. The molecule has 1 saturated heterocycles. The van der Waals surface area contributed by atoms with Gasteiger partial charge in [-0.1, -0.05) is 6.42 Å². The molecule has 0 saturated carbocycles. The summed E-state index contributed by atoms with van der Waals surface area (Å²) in [6.07, 6.45) is 9.21. The number of likely N-dealkylation sites (tertiary alicyclic amines) is 1. The van der Waals surface area contributed by atoms with Crippen LogP contribution in [0.2, 0.25) is 0 Å². The molecular weight excluding hydrogens is 210 g/mol. The van der Waals surface area contributed by atoms with E-state index in [0.717, 1.165) is 19.1 Å². The molecule has 1 N–H and O–H groups in total. The monoisotopic (exact) mass is 237 g/mol. The third kappa shape index (κ3) is 4.30. The van der Waals surface area contributed by atoms with Gasteiger partial charge in [0, 0.05) is 32.1 Å². The van der Waals surface area contributed by atoms with Crippen molar-refractivity contribution in [3.05, 3.63) is 0 Å². The number of nitrogens with zero attached hydrogens (tertiary/aromatic N) is 2. The lowest BCUT2D eigenvalue weighted by atomic mass is 10.0. The first-order chi connectivity index (χ1) is 8.36. The Bertz CT molecular complexity index is 250. The molecule has 0 radical (unpaired) electrons. The van der Waals surface area contributed by atoms with Gasteiger partial charge in [-0.25, -0.2) is 0 Å².